The lowest BCUT2D eigenvalue weighted by Gasteiger charge is -2.36. The van der Waals surface area contributed by atoms with E-state index in [1.54, 1.807) is 6.07 Å². The third-order valence-electron chi connectivity index (χ3n) is 4.13. The van der Waals surface area contributed by atoms with Gasteiger partial charge in [-0.05, 0) is 31.0 Å². The van der Waals surface area contributed by atoms with Crippen molar-refractivity contribution in [1.29, 1.82) is 0 Å². The Bertz CT molecular complexity index is 629. The van der Waals surface area contributed by atoms with Crippen LogP contribution in [0.15, 0.2) is 35.0 Å². The van der Waals surface area contributed by atoms with E-state index in [-0.39, 0.29) is 5.91 Å². The number of nitrogens with zero attached hydrogens (tertiary/aromatic N) is 3. The molecule has 1 aliphatic heterocycles. The van der Waals surface area contributed by atoms with Crippen LogP contribution >= 0.6 is 0 Å². The molecule has 0 atom stereocenters. The highest BCUT2D eigenvalue weighted by Crippen LogP contribution is 2.24. The molecule has 0 spiro atoms. The number of piperazine rings is 1. The summed E-state index contributed by atoms with van der Waals surface area (Å²) in [6, 6.07) is 7.97. The van der Waals surface area contributed by atoms with E-state index in [0.29, 0.717) is 18.8 Å². The number of carbonyl (C=O) groups is 1. The van der Waals surface area contributed by atoms with E-state index < -0.39 is 0 Å². The van der Waals surface area contributed by atoms with E-state index in [1.807, 2.05) is 4.90 Å². The van der Waals surface area contributed by atoms with Crippen molar-refractivity contribution in [3.05, 3.63) is 47.3 Å². The van der Waals surface area contributed by atoms with Crippen LogP contribution in [-0.2, 0) is 0 Å². The summed E-state index contributed by atoms with van der Waals surface area (Å²) in [6.45, 7) is 7.35. The SMILES string of the molecule is Cc1cccc(N2CCN(C(=O)c3ccno3)CC2)c1C. The number of aromatic nitrogens is 1. The molecule has 110 valence electrons. The Labute approximate surface area is 124 Å². The first-order chi connectivity index (χ1) is 10.2. The molecule has 21 heavy (non-hydrogen) atoms. The highest BCUT2D eigenvalue weighted by molar-refractivity contribution is 5.91. The third-order valence-corrected chi connectivity index (χ3v) is 4.13. The minimum Gasteiger partial charge on any atom is -0.368 e. The first-order valence-corrected chi connectivity index (χ1v) is 7.18. The van der Waals surface area contributed by atoms with Gasteiger partial charge < -0.3 is 14.3 Å². The number of amides is 1. The average molecular weight is 285 g/mol. The van der Waals surface area contributed by atoms with Crippen molar-refractivity contribution in [3.63, 3.8) is 0 Å². The number of hydrogen-bond donors (Lipinski definition) is 0. The molecule has 1 amide bonds. The Hall–Kier alpha value is -2.30. The van der Waals surface area contributed by atoms with Gasteiger partial charge in [-0.2, -0.15) is 0 Å². The summed E-state index contributed by atoms with van der Waals surface area (Å²) < 4.78 is 4.94. The number of aryl methyl sites for hydroxylation is 1. The zero-order valence-corrected chi connectivity index (χ0v) is 12.4. The van der Waals surface area contributed by atoms with Crippen molar-refractivity contribution in [2.45, 2.75) is 13.8 Å². The molecule has 5 nitrogen and oxygen atoms in total. The molecular weight excluding hydrogens is 266 g/mol. The maximum absolute atomic E-state index is 12.2. The summed E-state index contributed by atoms with van der Waals surface area (Å²) in [5.41, 5.74) is 3.88. The summed E-state index contributed by atoms with van der Waals surface area (Å²) in [7, 11) is 0. The van der Waals surface area contributed by atoms with Crippen LogP contribution < -0.4 is 4.90 Å². The molecule has 0 bridgehead atoms. The normalized spacial score (nSPS) is 15.3. The second-order valence-corrected chi connectivity index (χ2v) is 5.37. The van der Waals surface area contributed by atoms with E-state index in [0.717, 1.165) is 13.1 Å². The number of rotatable bonds is 2. The first-order valence-electron chi connectivity index (χ1n) is 7.18. The van der Waals surface area contributed by atoms with Crippen LogP contribution in [-0.4, -0.2) is 42.1 Å². The van der Waals surface area contributed by atoms with Crippen molar-refractivity contribution >= 4 is 11.6 Å². The number of anilines is 1. The smallest absolute Gasteiger partial charge is 0.292 e. The first kappa shape index (κ1) is 13.7. The highest BCUT2D eigenvalue weighted by Gasteiger charge is 2.24. The van der Waals surface area contributed by atoms with Gasteiger partial charge in [0, 0.05) is 37.9 Å². The fourth-order valence-corrected chi connectivity index (χ4v) is 2.71. The third kappa shape index (κ3) is 2.63. The number of hydrogen-bond acceptors (Lipinski definition) is 4. The van der Waals surface area contributed by atoms with Gasteiger partial charge in [0.15, 0.2) is 0 Å². The molecule has 0 radical (unpaired) electrons. The van der Waals surface area contributed by atoms with Gasteiger partial charge >= 0.3 is 0 Å². The molecule has 2 heterocycles. The van der Waals surface area contributed by atoms with Crippen LogP contribution in [0.3, 0.4) is 0 Å². The van der Waals surface area contributed by atoms with Crippen LogP contribution in [0.1, 0.15) is 21.7 Å². The number of benzene rings is 1. The monoisotopic (exact) mass is 285 g/mol. The fraction of sp³-hybridized carbons (Fsp3) is 0.375. The van der Waals surface area contributed by atoms with Crippen molar-refractivity contribution in [2.75, 3.05) is 31.1 Å². The molecule has 1 aromatic carbocycles. The van der Waals surface area contributed by atoms with E-state index in [4.69, 9.17) is 4.52 Å². The van der Waals surface area contributed by atoms with Gasteiger partial charge in [-0.25, -0.2) is 0 Å². The quantitative estimate of drug-likeness (QED) is 0.849. The molecule has 1 fully saturated rings. The largest absolute Gasteiger partial charge is 0.368 e. The van der Waals surface area contributed by atoms with E-state index in [1.165, 1.54) is 23.0 Å². The van der Waals surface area contributed by atoms with Crippen LogP contribution in [0.4, 0.5) is 5.69 Å². The van der Waals surface area contributed by atoms with Gasteiger partial charge in [-0.3, -0.25) is 4.79 Å². The molecule has 2 aromatic rings. The number of carbonyl (C=O) groups excluding carboxylic acids is 1. The molecule has 0 aliphatic carbocycles. The Kier molecular flexibility index (Phi) is 3.64. The Morgan fingerprint density at radius 1 is 1.14 bits per heavy atom. The van der Waals surface area contributed by atoms with Crippen LogP contribution in [0, 0.1) is 13.8 Å². The maximum Gasteiger partial charge on any atom is 0.292 e. The van der Waals surface area contributed by atoms with Gasteiger partial charge in [0.25, 0.3) is 5.91 Å². The lowest BCUT2D eigenvalue weighted by Crippen LogP contribution is -2.49. The van der Waals surface area contributed by atoms with Crippen LogP contribution in [0.2, 0.25) is 0 Å². The molecule has 5 heteroatoms. The second kappa shape index (κ2) is 5.60. The van der Waals surface area contributed by atoms with Crippen molar-refractivity contribution in [3.8, 4) is 0 Å². The zero-order valence-electron chi connectivity index (χ0n) is 12.4. The Morgan fingerprint density at radius 3 is 2.57 bits per heavy atom. The van der Waals surface area contributed by atoms with E-state index in [2.05, 4.69) is 42.1 Å². The Morgan fingerprint density at radius 2 is 1.90 bits per heavy atom. The molecule has 0 N–H and O–H groups in total. The maximum atomic E-state index is 12.2. The molecule has 1 aliphatic rings. The summed E-state index contributed by atoms with van der Waals surface area (Å²) >= 11 is 0. The van der Waals surface area contributed by atoms with Gasteiger partial charge in [0.2, 0.25) is 5.76 Å². The van der Waals surface area contributed by atoms with Crippen LogP contribution in [0.25, 0.3) is 0 Å². The molecular formula is C16H19N3O2. The summed E-state index contributed by atoms with van der Waals surface area (Å²) in [5, 5.41) is 3.59. The molecule has 1 aromatic heterocycles. The van der Waals surface area contributed by atoms with Crippen LogP contribution in [0.5, 0.6) is 0 Å². The van der Waals surface area contributed by atoms with Crippen molar-refractivity contribution in [2.24, 2.45) is 0 Å². The topological polar surface area (TPSA) is 49.6 Å². The lowest BCUT2D eigenvalue weighted by molar-refractivity contribution is 0.0705. The van der Waals surface area contributed by atoms with Gasteiger partial charge in [-0.15, -0.1) is 0 Å². The summed E-state index contributed by atoms with van der Waals surface area (Å²) in [6.07, 6.45) is 1.50. The Balaban J connectivity index is 1.68. The van der Waals surface area contributed by atoms with E-state index >= 15 is 0 Å². The average Bonchev–Trinajstić information content (AvgIpc) is 3.04. The molecule has 0 unspecified atom stereocenters. The van der Waals surface area contributed by atoms with Gasteiger partial charge in [-0.1, -0.05) is 17.3 Å². The van der Waals surface area contributed by atoms with Crippen molar-refractivity contribution < 1.29 is 9.32 Å². The summed E-state index contributed by atoms with van der Waals surface area (Å²) in [5.74, 6) is 0.239. The minimum atomic E-state index is -0.0758. The highest BCUT2D eigenvalue weighted by atomic mass is 16.5. The predicted octanol–water partition coefficient (Wildman–Crippen LogP) is 2.25. The zero-order chi connectivity index (χ0) is 14.8. The predicted molar refractivity (Wildman–Crippen MR) is 80.5 cm³/mol. The second-order valence-electron chi connectivity index (χ2n) is 5.37. The molecule has 1 saturated heterocycles. The van der Waals surface area contributed by atoms with E-state index in [9.17, 15) is 4.79 Å². The lowest BCUT2D eigenvalue weighted by atomic mass is 10.1. The standard InChI is InChI=1S/C16H19N3O2/c1-12-4-3-5-14(13(12)2)18-8-10-19(11-9-18)16(20)15-6-7-17-21-15/h3-7H,8-11H2,1-2H3. The molecule has 0 saturated carbocycles. The van der Waals surface area contributed by atoms with Gasteiger partial charge in [0.05, 0.1) is 6.20 Å². The van der Waals surface area contributed by atoms with Crippen molar-refractivity contribution in [1.82, 2.24) is 10.1 Å². The fourth-order valence-electron chi connectivity index (χ4n) is 2.71. The minimum absolute atomic E-state index is 0.0758. The molecule has 3 rings (SSSR count). The van der Waals surface area contributed by atoms with Gasteiger partial charge in [0.1, 0.15) is 0 Å². The summed E-state index contributed by atoms with van der Waals surface area (Å²) in [4.78, 5) is 16.4.